The molecule has 0 aliphatic carbocycles. The molecule has 5 heteroatoms. The molecule has 2 rings (SSSR count). The average molecular weight is 299 g/mol. The number of nitrogens with one attached hydrogen (secondary N) is 1. The minimum absolute atomic E-state index is 0.0759. The molecule has 1 heterocycles. The first-order valence-corrected chi connectivity index (χ1v) is 7.32. The molecule has 0 saturated carbocycles. The number of benzene rings is 1. The molecule has 0 aliphatic rings. The summed E-state index contributed by atoms with van der Waals surface area (Å²) in [5.41, 5.74) is 2.02. The van der Waals surface area contributed by atoms with Gasteiger partial charge in [-0.15, -0.1) is 0 Å². The highest BCUT2D eigenvalue weighted by Gasteiger charge is 2.16. The van der Waals surface area contributed by atoms with E-state index in [-0.39, 0.29) is 18.1 Å². The summed E-state index contributed by atoms with van der Waals surface area (Å²) >= 11 is 0. The second-order valence-electron chi connectivity index (χ2n) is 5.44. The zero-order valence-corrected chi connectivity index (χ0v) is 13.3. The van der Waals surface area contributed by atoms with Gasteiger partial charge in [0.2, 0.25) is 0 Å². The molecule has 116 valence electrons. The van der Waals surface area contributed by atoms with Crippen LogP contribution in [0, 0.1) is 6.92 Å². The number of rotatable bonds is 5. The third kappa shape index (κ3) is 4.04. The molecule has 1 atom stereocenters. The largest absolute Gasteiger partial charge is 0.491 e. The van der Waals surface area contributed by atoms with E-state index in [0.29, 0.717) is 5.69 Å². The highest BCUT2D eigenvalue weighted by atomic mass is 16.5. The minimum Gasteiger partial charge on any atom is -0.491 e. The summed E-state index contributed by atoms with van der Waals surface area (Å²) in [7, 11) is 0. The predicted molar refractivity (Wildman–Crippen MR) is 84.9 cm³/mol. The molecule has 2 aromatic rings. The number of carbonyl (C=O) groups is 1. The summed E-state index contributed by atoms with van der Waals surface area (Å²) in [4.78, 5) is 20.4. The highest BCUT2D eigenvalue weighted by molar-refractivity contribution is 5.92. The zero-order valence-electron chi connectivity index (χ0n) is 13.3. The van der Waals surface area contributed by atoms with E-state index in [9.17, 15) is 4.79 Å². The van der Waals surface area contributed by atoms with E-state index >= 15 is 0 Å². The van der Waals surface area contributed by atoms with Gasteiger partial charge in [-0.25, -0.2) is 4.98 Å². The number of aryl methyl sites for hydroxylation is 1. The lowest BCUT2D eigenvalue weighted by Gasteiger charge is -2.19. The van der Waals surface area contributed by atoms with Crippen molar-refractivity contribution in [3.63, 3.8) is 0 Å². The fourth-order valence-corrected chi connectivity index (χ4v) is 2.06. The molecule has 1 N–H and O–H groups in total. The predicted octanol–water partition coefficient (Wildman–Crippen LogP) is 3.06. The maximum Gasteiger partial charge on any atom is 0.271 e. The highest BCUT2D eigenvalue weighted by Crippen LogP contribution is 2.25. The number of nitrogens with zero attached hydrogens (tertiary/aromatic N) is 2. The number of para-hydroxylation sites is 1. The SMILES string of the molecule is Cc1cnc(C(=O)N[C@@H](C)c2ccccc2OC(C)C)cn1. The van der Waals surface area contributed by atoms with Crippen molar-refractivity contribution in [2.24, 2.45) is 0 Å². The van der Waals surface area contributed by atoms with Gasteiger partial charge in [0.15, 0.2) is 0 Å². The van der Waals surface area contributed by atoms with E-state index in [0.717, 1.165) is 17.0 Å². The van der Waals surface area contributed by atoms with E-state index in [1.165, 1.54) is 6.20 Å². The molecule has 0 radical (unpaired) electrons. The third-order valence-electron chi connectivity index (χ3n) is 3.11. The molecule has 0 saturated heterocycles. The Morgan fingerprint density at radius 1 is 1.14 bits per heavy atom. The quantitative estimate of drug-likeness (QED) is 0.921. The summed E-state index contributed by atoms with van der Waals surface area (Å²) in [6, 6.07) is 7.51. The molecule has 5 nitrogen and oxygen atoms in total. The molecule has 1 aromatic heterocycles. The van der Waals surface area contributed by atoms with Gasteiger partial charge in [-0.3, -0.25) is 9.78 Å². The van der Waals surface area contributed by atoms with Gasteiger partial charge in [0.25, 0.3) is 5.91 Å². The maximum atomic E-state index is 12.2. The van der Waals surface area contributed by atoms with E-state index in [2.05, 4.69) is 15.3 Å². The Kier molecular flexibility index (Phi) is 5.09. The number of ether oxygens (including phenoxy) is 1. The lowest BCUT2D eigenvalue weighted by molar-refractivity contribution is 0.0933. The Hall–Kier alpha value is -2.43. The van der Waals surface area contributed by atoms with Crippen molar-refractivity contribution in [2.45, 2.75) is 39.8 Å². The average Bonchev–Trinajstić information content (AvgIpc) is 2.47. The third-order valence-corrected chi connectivity index (χ3v) is 3.11. The topological polar surface area (TPSA) is 64.1 Å². The van der Waals surface area contributed by atoms with Crippen molar-refractivity contribution in [1.82, 2.24) is 15.3 Å². The van der Waals surface area contributed by atoms with Crippen molar-refractivity contribution < 1.29 is 9.53 Å². The van der Waals surface area contributed by atoms with Crippen LogP contribution in [0.25, 0.3) is 0 Å². The van der Waals surface area contributed by atoms with Crippen molar-refractivity contribution in [2.75, 3.05) is 0 Å². The van der Waals surface area contributed by atoms with Gasteiger partial charge in [0.05, 0.1) is 24.0 Å². The number of hydrogen-bond acceptors (Lipinski definition) is 4. The maximum absolute atomic E-state index is 12.2. The molecule has 22 heavy (non-hydrogen) atoms. The van der Waals surface area contributed by atoms with Crippen molar-refractivity contribution in [1.29, 1.82) is 0 Å². The number of carbonyl (C=O) groups excluding carboxylic acids is 1. The molecule has 1 amide bonds. The van der Waals surface area contributed by atoms with E-state index < -0.39 is 0 Å². The summed E-state index contributed by atoms with van der Waals surface area (Å²) in [5.74, 6) is 0.527. The number of aromatic nitrogens is 2. The molecule has 0 unspecified atom stereocenters. The van der Waals surface area contributed by atoms with Crippen LogP contribution in [0.15, 0.2) is 36.7 Å². The Bertz CT molecular complexity index is 639. The van der Waals surface area contributed by atoms with Crippen molar-refractivity contribution in [3.05, 3.63) is 53.6 Å². The first-order valence-electron chi connectivity index (χ1n) is 7.32. The van der Waals surface area contributed by atoms with Gasteiger partial charge in [-0.2, -0.15) is 0 Å². The van der Waals surface area contributed by atoms with Gasteiger partial charge in [-0.1, -0.05) is 18.2 Å². The van der Waals surface area contributed by atoms with Crippen LogP contribution in [-0.4, -0.2) is 22.0 Å². The van der Waals surface area contributed by atoms with Crippen LogP contribution in [0.4, 0.5) is 0 Å². The fraction of sp³-hybridized carbons (Fsp3) is 0.353. The van der Waals surface area contributed by atoms with Crippen LogP contribution in [0.1, 0.15) is 48.6 Å². The molecule has 0 fully saturated rings. The van der Waals surface area contributed by atoms with Crippen LogP contribution in [0.2, 0.25) is 0 Å². The van der Waals surface area contributed by atoms with E-state index in [4.69, 9.17) is 4.74 Å². The zero-order chi connectivity index (χ0) is 16.1. The summed E-state index contributed by atoms with van der Waals surface area (Å²) in [5, 5.41) is 2.92. The molecule has 0 bridgehead atoms. The molecular weight excluding hydrogens is 278 g/mol. The van der Waals surface area contributed by atoms with Gasteiger partial charge in [-0.05, 0) is 33.8 Å². The van der Waals surface area contributed by atoms with Gasteiger partial charge in [0.1, 0.15) is 11.4 Å². The normalized spacial score (nSPS) is 12.0. The van der Waals surface area contributed by atoms with Gasteiger partial charge >= 0.3 is 0 Å². The number of hydrogen-bond donors (Lipinski definition) is 1. The Morgan fingerprint density at radius 2 is 1.86 bits per heavy atom. The van der Waals surface area contributed by atoms with Crippen LogP contribution in [0.5, 0.6) is 5.75 Å². The molecule has 0 aliphatic heterocycles. The first-order chi connectivity index (χ1) is 10.5. The molecule has 1 aromatic carbocycles. The van der Waals surface area contributed by atoms with Gasteiger partial charge in [0, 0.05) is 11.8 Å². The van der Waals surface area contributed by atoms with E-state index in [1.54, 1.807) is 6.20 Å². The first kappa shape index (κ1) is 15.9. The Balaban J connectivity index is 2.13. The van der Waals surface area contributed by atoms with Crippen molar-refractivity contribution >= 4 is 5.91 Å². The van der Waals surface area contributed by atoms with Crippen LogP contribution in [-0.2, 0) is 0 Å². The smallest absolute Gasteiger partial charge is 0.271 e. The summed E-state index contributed by atoms with van der Waals surface area (Å²) in [6.07, 6.45) is 3.13. The second kappa shape index (κ2) is 7.02. The monoisotopic (exact) mass is 299 g/mol. The van der Waals surface area contributed by atoms with Crippen LogP contribution in [0.3, 0.4) is 0 Å². The Labute approximate surface area is 130 Å². The van der Waals surface area contributed by atoms with Gasteiger partial charge < -0.3 is 10.1 Å². The van der Waals surface area contributed by atoms with Crippen molar-refractivity contribution in [3.8, 4) is 5.75 Å². The lowest BCUT2D eigenvalue weighted by atomic mass is 10.1. The standard InChI is InChI=1S/C17H21N3O2/c1-11(2)22-16-8-6-5-7-14(16)13(4)20-17(21)15-10-18-12(3)9-19-15/h5-11,13H,1-4H3,(H,20,21)/t13-/m0/s1. The second-order valence-corrected chi connectivity index (χ2v) is 5.44. The molecule has 0 spiro atoms. The van der Waals surface area contributed by atoms with E-state index in [1.807, 2.05) is 52.0 Å². The summed E-state index contributed by atoms with van der Waals surface area (Å²) < 4.78 is 5.79. The Morgan fingerprint density at radius 3 is 2.50 bits per heavy atom. The fourth-order valence-electron chi connectivity index (χ4n) is 2.06. The minimum atomic E-state index is -0.251. The number of amides is 1. The van der Waals surface area contributed by atoms with Crippen LogP contribution < -0.4 is 10.1 Å². The molecular formula is C17H21N3O2. The lowest BCUT2D eigenvalue weighted by Crippen LogP contribution is -2.28. The van der Waals surface area contributed by atoms with Crippen LogP contribution >= 0.6 is 0 Å². The summed E-state index contributed by atoms with van der Waals surface area (Å²) in [6.45, 7) is 7.70.